The number of benzene rings is 8. The van der Waals surface area contributed by atoms with Gasteiger partial charge >= 0.3 is 0 Å². The van der Waals surface area contributed by atoms with E-state index in [1.165, 1.54) is 16.2 Å². The summed E-state index contributed by atoms with van der Waals surface area (Å²) in [5, 5.41) is 8.96. The van der Waals surface area contributed by atoms with E-state index in [-0.39, 0.29) is 0 Å². The smallest absolute Gasteiger partial charge is 0.164 e. The molecular weight excluding hydrogens is 599 g/mol. The lowest BCUT2D eigenvalue weighted by Crippen LogP contribution is -2.01. The minimum absolute atomic E-state index is 0.601. The fraction of sp³-hybridized carbons (Fsp3) is 0. The van der Waals surface area contributed by atoms with E-state index in [2.05, 4.69) is 133 Å². The molecule has 4 nitrogen and oxygen atoms in total. The number of aromatic nitrogens is 3. The summed E-state index contributed by atoms with van der Waals surface area (Å²) in [6, 6.07) is 57.0. The minimum Gasteiger partial charge on any atom is -0.456 e. The predicted octanol–water partition coefficient (Wildman–Crippen LogP) is 11.9. The molecule has 0 amide bonds. The van der Waals surface area contributed by atoms with Crippen molar-refractivity contribution >= 4 is 54.3 Å². The molecule has 0 aliphatic heterocycles. The van der Waals surface area contributed by atoms with E-state index >= 15 is 0 Å². The van der Waals surface area contributed by atoms with Crippen LogP contribution in [0.25, 0.3) is 99.5 Å². The van der Waals surface area contributed by atoms with Gasteiger partial charge < -0.3 is 4.42 Å². The van der Waals surface area contributed by atoms with E-state index < -0.39 is 0 Å². The van der Waals surface area contributed by atoms with E-state index in [1.807, 2.05) is 30.3 Å². The highest BCUT2D eigenvalue weighted by Gasteiger charge is 2.20. The van der Waals surface area contributed by atoms with Gasteiger partial charge in [0, 0.05) is 27.5 Å². The SMILES string of the molecule is c1ccc(-c2cc(-c3nc(-c4ccc5ccccc5c4)nc(-c4cccc5oc6ccccc6c45)n3)c3ccc4ccccc4c3c2)cc1. The van der Waals surface area contributed by atoms with Gasteiger partial charge in [-0.1, -0.05) is 133 Å². The van der Waals surface area contributed by atoms with Crippen molar-refractivity contribution in [3.8, 4) is 45.3 Å². The molecular formula is C45H27N3O. The lowest BCUT2D eigenvalue weighted by Gasteiger charge is -2.14. The monoisotopic (exact) mass is 625 g/mol. The Balaban J connectivity index is 1.30. The van der Waals surface area contributed by atoms with Crippen LogP contribution in [0, 0.1) is 0 Å². The van der Waals surface area contributed by atoms with Gasteiger partial charge in [0.05, 0.1) is 0 Å². The predicted molar refractivity (Wildman–Crippen MR) is 201 cm³/mol. The molecule has 228 valence electrons. The first-order valence-electron chi connectivity index (χ1n) is 16.4. The summed E-state index contributed by atoms with van der Waals surface area (Å²) in [5.41, 5.74) is 6.67. The van der Waals surface area contributed by atoms with E-state index in [0.717, 1.165) is 65.9 Å². The number of furan rings is 1. The van der Waals surface area contributed by atoms with Gasteiger partial charge in [-0.05, 0) is 73.8 Å². The molecule has 10 aromatic rings. The van der Waals surface area contributed by atoms with Crippen LogP contribution in [-0.2, 0) is 0 Å². The molecule has 0 atom stereocenters. The van der Waals surface area contributed by atoms with Crippen LogP contribution in [0.1, 0.15) is 0 Å². The first kappa shape index (κ1) is 27.5. The number of para-hydroxylation sites is 1. The average molecular weight is 626 g/mol. The van der Waals surface area contributed by atoms with Crippen LogP contribution >= 0.6 is 0 Å². The molecule has 4 heteroatoms. The highest BCUT2D eigenvalue weighted by Crippen LogP contribution is 2.40. The second kappa shape index (κ2) is 11.0. The summed E-state index contributed by atoms with van der Waals surface area (Å²) in [5.74, 6) is 1.84. The van der Waals surface area contributed by atoms with E-state index in [9.17, 15) is 0 Å². The Labute approximate surface area is 282 Å². The number of hydrogen-bond donors (Lipinski definition) is 0. The molecule has 0 unspecified atom stereocenters. The van der Waals surface area contributed by atoms with Crippen LogP contribution in [0.15, 0.2) is 168 Å². The van der Waals surface area contributed by atoms with Gasteiger partial charge in [-0.15, -0.1) is 0 Å². The van der Waals surface area contributed by atoms with Gasteiger partial charge in [-0.25, -0.2) is 15.0 Å². The highest BCUT2D eigenvalue weighted by molar-refractivity contribution is 6.14. The van der Waals surface area contributed by atoms with Gasteiger partial charge in [0.1, 0.15) is 11.2 Å². The zero-order chi connectivity index (χ0) is 32.3. The van der Waals surface area contributed by atoms with Crippen LogP contribution in [0.5, 0.6) is 0 Å². The molecule has 8 aromatic carbocycles. The summed E-state index contributed by atoms with van der Waals surface area (Å²) >= 11 is 0. The molecule has 2 aromatic heterocycles. The third-order valence-electron chi connectivity index (χ3n) is 9.50. The first-order chi connectivity index (χ1) is 24.3. The standard InChI is InChI=1S/C45H27N3O/c1-2-11-28(12-3-1)33-26-38-34-16-7-6-14-30(34)23-24-35(38)39(27-33)45-47-43(32-22-21-29-13-4-5-15-31(29)25-32)46-44(48-45)37-18-10-20-41-42(37)36-17-8-9-19-40(36)49-41/h1-27H. The molecule has 0 fully saturated rings. The van der Waals surface area contributed by atoms with Crippen LogP contribution in [0.3, 0.4) is 0 Å². The normalized spacial score (nSPS) is 11.7. The molecule has 49 heavy (non-hydrogen) atoms. The summed E-state index contributed by atoms with van der Waals surface area (Å²) in [6.07, 6.45) is 0. The van der Waals surface area contributed by atoms with Crippen molar-refractivity contribution in [3.05, 3.63) is 164 Å². The molecule has 0 spiro atoms. The number of nitrogens with zero attached hydrogens (tertiary/aromatic N) is 3. The molecule has 0 N–H and O–H groups in total. The zero-order valence-electron chi connectivity index (χ0n) is 26.3. The van der Waals surface area contributed by atoms with Gasteiger partial charge in [-0.3, -0.25) is 0 Å². The Morgan fingerprint density at radius 2 is 1.00 bits per heavy atom. The second-order valence-electron chi connectivity index (χ2n) is 12.4. The van der Waals surface area contributed by atoms with Crippen molar-refractivity contribution in [2.75, 3.05) is 0 Å². The van der Waals surface area contributed by atoms with Crippen LogP contribution in [0.4, 0.5) is 0 Å². The summed E-state index contributed by atoms with van der Waals surface area (Å²) in [6.45, 7) is 0. The minimum atomic E-state index is 0.601. The highest BCUT2D eigenvalue weighted by atomic mass is 16.3. The van der Waals surface area contributed by atoms with E-state index in [4.69, 9.17) is 19.4 Å². The number of rotatable bonds is 4. The fourth-order valence-electron chi connectivity index (χ4n) is 7.13. The third-order valence-corrected chi connectivity index (χ3v) is 9.50. The molecule has 0 bridgehead atoms. The van der Waals surface area contributed by atoms with Gasteiger partial charge in [0.2, 0.25) is 0 Å². The second-order valence-corrected chi connectivity index (χ2v) is 12.4. The van der Waals surface area contributed by atoms with Crippen LogP contribution < -0.4 is 0 Å². The van der Waals surface area contributed by atoms with Crippen molar-refractivity contribution in [2.45, 2.75) is 0 Å². The topological polar surface area (TPSA) is 51.8 Å². The Kier molecular flexibility index (Phi) is 6.15. The Morgan fingerprint density at radius 1 is 0.327 bits per heavy atom. The fourth-order valence-corrected chi connectivity index (χ4v) is 7.13. The van der Waals surface area contributed by atoms with Gasteiger partial charge in [-0.2, -0.15) is 0 Å². The van der Waals surface area contributed by atoms with Crippen LogP contribution in [-0.4, -0.2) is 15.0 Å². The quantitative estimate of drug-likeness (QED) is 0.183. The van der Waals surface area contributed by atoms with Crippen molar-refractivity contribution in [1.29, 1.82) is 0 Å². The molecule has 2 heterocycles. The van der Waals surface area contributed by atoms with Gasteiger partial charge in [0.15, 0.2) is 17.5 Å². The molecule has 0 aliphatic rings. The first-order valence-corrected chi connectivity index (χ1v) is 16.4. The molecule has 0 saturated heterocycles. The maximum Gasteiger partial charge on any atom is 0.164 e. The molecule has 0 aliphatic carbocycles. The Morgan fingerprint density at radius 3 is 1.88 bits per heavy atom. The van der Waals surface area contributed by atoms with E-state index in [0.29, 0.717) is 17.5 Å². The molecule has 0 saturated carbocycles. The summed E-state index contributed by atoms with van der Waals surface area (Å²) < 4.78 is 6.28. The van der Waals surface area contributed by atoms with Crippen molar-refractivity contribution < 1.29 is 4.42 Å². The summed E-state index contributed by atoms with van der Waals surface area (Å²) in [4.78, 5) is 15.7. The number of hydrogen-bond acceptors (Lipinski definition) is 4. The Hall–Kier alpha value is -6.65. The van der Waals surface area contributed by atoms with Crippen LogP contribution in [0.2, 0.25) is 0 Å². The molecule has 0 radical (unpaired) electrons. The largest absolute Gasteiger partial charge is 0.456 e. The van der Waals surface area contributed by atoms with Crippen molar-refractivity contribution in [2.24, 2.45) is 0 Å². The van der Waals surface area contributed by atoms with E-state index in [1.54, 1.807) is 0 Å². The summed E-state index contributed by atoms with van der Waals surface area (Å²) in [7, 11) is 0. The Bertz CT molecular complexity index is 2890. The lowest BCUT2D eigenvalue weighted by atomic mass is 9.93. The third kappa shape index (κ3) is 4.57. The zero-order valence-corrected chi connectivity index (χ0v) is 26.3. The van der Waals surface area contributed by atoms with Crippen molar-refractivity contribution in [1.82, 2.24) is 15.0 Å². The van der Waals surface area contributed by atoms with Crippen molar-refractivity contribution in [3.63, 3.8) is 0 Å². The lowest BCUT2D eigenvalue weighted by molar-refractivity contribution is 0.669. The maximum atomic E-state index is 6.28. The number of fused-ring (bicyclic) bond motifs is 7. The van der Waals surface area contributed by atoms with Gasteiger partial charge in [0.25, 0.3) is 0 Å². The maximum absolute atomic E-state index is 6.28. The molecule has 10 rings (SSSR count). The average Bonchev–Trinajstić information content (AvgIpc) is 3.56.